The normalized spacial score (nSPS) is 10.5. The average Bonchev–Trinajstić information content (AvgIpc) is 2.64. The Hall–Kier alpha value is -1.84. The van der Waals surface area contributed by atoms with Gasteiger partial charge in [0.1, 0.15) is 5.52 Å². The number of oxazole rings is 1. The van der Waals surface area contributed by atoms with E-state index < -0.39 is 0 Å². The van der Waals surface area contributed by atoms with Crippen LogP contribution in [0.3, 0.4) is 0 Å². The van der Waals surface area contributed by atoms with E-state index in [-0.39, 0.29) is 5.91 Å². The highest BCUT2D eigenvalue weighted by atomic mass is 16.3. The maximum Gasteiger partial charge on any atom is 0.216 e. The first-order valence-corrected chi connectivity index (χ1v) is 4.82. The van der Waals surface area contributed by atoms with Crippen molar-refractivity contribution < 1.29 is 9.21 Å². The van der Waals surface area contributed by atoms with Gasteiger partial charge in [-0.05, 0) is 24.1 Å². The summed E-state index contributed by atoms with van der Waals surface area (Å²) in [6.07, 6.45) is 2.24. The molecular formula is C11H12N2O2. The molecule has 1 aromatic carbocycles. The Bertz CT molecular complexity index is 476. The first-order valence-electron chi connectivity index (χ1n) is 4.82. The summed E-state index contributed by atoms with van der Waals surface area (Å²) in [5.74, 6) is -0.00230. The van der Waals surface area contributed by atoms with E-state index in [0.717, 1.165) is 23.1 Å². The summed E-state index contributed by atoms with van der Waals surface area (Å²) >= 11 is 0. The molecule has 0 aliphatic carbocycles. The molecule has 1 amide bonds. The lowest BCUT2D eigenvalue weighted by molar-refractivity contribution is -0.118. The van der Waals surface area contributed by atoms with Gasteiger partial charge in [-0.2, -0.15) is 0 Å². The predicted octanol–water partition coefficient (Wildman–Crippen LogP) is 1.51. The monoisotopic (exact) mass is 204 g/mol. The van der Waals surface area contributed by atoms with Crippen LogP contribution in [0.2, 0.25) is 0 Å². The quantitative estimate of drug-likeness (QED) is 0.824. The van der Waals surface area contributed by atoms with Gasteiger partial charge in [0.05, 0.1) is 0 Å². The smallest absolute Gasteiger partial charge is 0.216 e. The minimum absolute atomic E-state index is 0.00230. The molecule has 0 aliphatic heterocycles. The van der Waals surface area contributed by atoms with Gasteiger partial charge >= 0.3 is 0 Å². The number of nitrogens with zero attached hydrogens (tertiary/aromatic N) is 1. The van der Waals surface area contributed by atoms with E-state index in [2.05, 4.69) is 10.3 Å². The second-order valence-corrected chi connectivity index (χ2v) is 3.39. The molecule has 1 heterocycles. The SMILES string of the molecule is CC(=O)NCCc1ccc2ocnc2c1. The van der Waals surface area contributed by atoms with Crippen LogP contribution < -0.4 is 5.32 Å². The molecule has 0 radical (unpaired) electrons. The van der Waals surface area contributed by atoms with E-state index in [4.69, 9.17) is 4.42 Å². The minimum Gasteiger partial charge on any atom is -0.443 e. The molecule has 0 saturated heterocycles. The lowest BCUT2D eigenvalue weighted by atomic mass is 10.1. The van der Waals surface area contributed by atoms with Gasteiger partial charge < -0.3 is 9.73 Å². The summed E-state index contributed by atoms with van der Waals surface area (Å²) in [4.78, 5) is 14.7. The topological polar surface area (TPSA) is 55.1 Å². The first kappa shape index (κ1) is 9.71. The lowest BCUT2D eigenvalue weighted by Gasteiger charge is -2.01. The number of amides is 1. The van der Waals surface area contributed by atoms with Crippen molar-refractivity contribution in [2.75, 3.05) is 6.54 Å². The first-order chi connectivity index (χ1) is 7.25. The number of hydrogen-bond acceptors (Lipinski definition) is 3. The van der Waals surface area contributed by atoms with Gasteiger partial charge in [-0.1, -0.05) is 6.07 Å². The Kier molecular flexibility index (Phi) is 2.67. The third kappa shape index (κ3) is 2.34. The number of hydrogen-bond donors (Lipinski definition) is 1. The number of rotatable bonds is 3. The second kappa shape index (κ2) is 4.13. The Morgan fingerprint density at radius 1 is 1.53 bits per heavy atom. The number of aromatic nitrogens is 1. The van der Waals surface area contributed by atoms with Crippen molar-refractivity contribution in [3.63, 3.8) is 0 Å². The zero-order chi connectivity index (χ0) is 10.7. The van der Waals surface area contributed by atoms with Gasteiger partial charge in [0.2, 0.25) is 5.91 Å². The summed E-state index contributed by atoms with van der Waals surface area (Å²) in [7, 11) is 0. The third-order valence-electron chi connectivity index (χ3n) is 2.18. The fourth-order valence-electron chi connectivity index (χ4n) is 1.44. The minimum atomic E-state index is -0.00230. The molecule has 1 aromatic heterocycles. The summed E-state index contributed by atoms with van der Waals surface area (Å²) in [6, 6.07) is 5.85. The van der Waals surface area contributed by atoms with Gasteiger partial charge in [-0.25, -0.2) is 4.98 Å². The Balaban J connectivity index is 2.04. The zero-order valence-electron chi connectivity index (χ0n) is 8.49. The summed E-state index contributed by atoms with van der Waals surface area (Å²) in [5.41, 5.74) is 2.79. The number of benzene rings is 1. The molecular weight excluding hydrogens is 192 g/mol. The van der Waals surface area contributed by atoms with Crippen molar-refractivity contribution in [2.24, 2.45) is 0 Å². The van der Waals surface area contributed by atoms with Crippen molar-refractivity contribution >= 4 is 17.0 Å². The molecule has 0 bridgehead atoms. The van der Waals surface area contributed by atoms with E-state index in [1.54, 1.807) is 0 Å². The molecule has 78 valence electrons. The summed E-state index contributed by atoms with van der Waals surface area (Å²) in [5, 5.41) is 2.75. The molecule has 0 aliphatic rings. The largest absolute Gasteiger partial charge is 0.443 e. The molecule has 0 spiro atoms. The van der Waals surface area contributed by atoms with Crippen LogP contribution in [0, 0.1) is 0 Å². The van der Waals surface area contributed by atoms with Crippen LogP contribution in [-0.4, -0.2) is 17.4 Å². The highest BCUT2D eigenvalue weighted by molar-refractivity contribution is 5.73. The van der Waals surface area contributed by atoms with Gasteiger partial charge in [0, 0.05) is 13.5 Å². The zero-order valence-corrected chi connectivity index (χ0v) is 8.49. The molecule has 0 atom stereocenters. The van der Waals surface area contributed by atoms with Gasteiger partial charge in [0.25, 0.3) is 0 Å². The second-order valence-electron chi connectivity index (χ2n) is 3.39. The van der Waals surface area contributed by atoms with E-state index >= 15 is 0 Å². The van der Waals surface area contributed by atoms with Gasteiger partial charge in [0.15, 0.2) is 12.0 Å². The number of carbonyl (C=O) groups is 1. The predicted molar refractivity (Wildman–Crippen MR) is 56.4 cm³/mol. The van der Waals surface area contributed by atoms with E-state index in [9.17, 15) is 4.79 Å². The van der Waals surface area contributed by atoms with Crippen molar-refractivity contribution in [1.82, 2.24) is 10.3 Å². The van der Waals surface area contributed by atoms with Crippen molar-refractivity contribution in [3.05, 3.63) is 30.2 Å². The van der Waals surface area contributed by atoms with Crippen LogP contribution in [0.1, 0.15) is 12.5 Å². The standard InChI is InChI=1S/C11H12N2O2/c1-8(14)12-5-4-9-2-3-11-10(6-9)13-7-15-11/h2-3,6-7H,4-5H2,1H3,(H,12,14). The maximum absolute atomic E-state index is 10.7. The van der Waals surface area contributed by atoms with Crippen LogP contribution in [0.5, 0.6) is 0 Å². The Labute approximate surface area is 87.3 Å². The third-order valence-corrected chi connectivity index (χ3v) is 2.18. The summed E-state index contributed by atoms with van der Waals surface area (Å²) in [6.45, 7) is 2.17. The Morgan fingerprint density at radius 3 is 3.20 bits per heavy atom. The van der Waals surface area contributed by atoms with E-state index in [0.29, 0.717) is 6.54 Å². The van der Waals surface area contributed by atoms with Crippen molar-refractivity contribution in [1.29, 1.82) is 0 Å². The fourth-order valence-corrected chi connectivity index (χ4v) is 1.44. The molecule has 4 nitrogen and oxygen atoms in total. The highest BCUT2D eigenvalue weighted by Crippen LogP contribution is 2.14. The number of carbonyl (C=O) groups excluding carboxylic acids is 1. The average molecular weight is 204 g/mol. The number of fused-ring (bicyclic) bond motifs is 1. The molecule has 4 heteroatoms. The number of nitrogens with one attached hydrogen (secondary N) is 1. The molecule has 1 N–H and O–H groups in total. The molecule has 0 unspecified atom stereocenters. The molecule has 2 rings (SSSR count). The van der Waals surface area contributed by atoms with Crippen LogP contribution in [-0.2, 0) is 11.2 Å². The van der Waals surface area contributed by atoms with Gasteiger partial charge in [-0.3, -0.25) is 4.79 Å². The van der Waals surface area contributed by atoms with Crippen molar-refractivity contribution in [2.45, 2.75) is 13.3 Å². The van der Waals surface area contributed by atoms with Crippen LogP contribution in [0.25, 0.3) is 11.1 Å². The molecule has 15 heavy (non-hydrogen) atoms. The van der Waals surface area contributed by atoms with E-state index in [1.807, 2.05) is 18.2 Å². The maximum atomic E-state index is 10.7. The molecule has 0 fully saturated rings. The molecule has 2 aromatic rings. The summed E-state index contributed by atoms with van der Waals surface area (Å²) < 4.78 is 5.13. The Morgan fingerprint density at radius 2 is 2.40 bits per heavy atom. The van der Waals surface area contributed by atoms with Crippen LogP contribution >= 0.6 is 0 Å². The highest BCUT2D eigenvalue weighted by Gasteiger charge is 2.00. The molecule has 0 saturated carbocycles. The van der Waals surface area contributed by atoms with Gasteiger partial charge in [-0.15, -0.1) is 0 Å². The fraction of sp³-hybridized carbons (Fsp3) is 0.273. The lowest BCUT2D eigenvalue weighted by Crippen LogP contribution is -2.22. The van der Waals surface area contributed by atoms with E-state index in [1.165, 1.54) is 13.3 Å². The van der Waals surface area contributed by atoms with Crippen molar-refractivity contribution in [3.8, 4) is 0 Å². The van der Waals surface area contributed by atoms with Crippen LogP contribution in [0.15, 0.2) is 29.0 Å². The van der Waals surface area contributed by atoms with Crippen LogP contribution in [0.4, 0.5) is 0 Å².